The number of aliphatic hydroxyl groups is 2. The Bertz CT molecular complexity index is 766. The highest BCUT2D eigenvalue weighted by atomic mass is 16.5. The number of ether oxygens (including phenoxy) is 3. The first-order valence-electron chi connectivity index (χ1n) is 9.53. The molecule has 0 bridgehead atoms. The van der Waals surface area contributed by atoms with Crippen molar-refractivity contribution in [2.24, 2.45) is 0 Å². The molecule has 0 aliphatic rings. The number of aromatic hydroxyl groups is 2. The van der Waals surface area contributed by atoms with Gasteiger partial charge < -0.3 is 34.6 Å². The van der Waals surface area contributed by atoms with Crippen LogP contribution >= 0.6 is 0 Å². The molecule has 0 fully saturated rings. The summed E-state index contributed by atoms with van der Waals surface area (Å²) < 4.78 is 15.4. The third kappa shape index (κ3) is 6.44. The van der Waals surface area contributed by atoms with Gasteiger partial charge in [-0.2, -0.15) is 0 Å². The van der Waals surface area contributed by atoms with Gasteiger partial charge in [-0.05, 0) is 67.5 Å². The van der Waals surface area contributed by atoms with E-state index in [0.29, 0.717) is 42.9 Å². The summed E-state index contributed by atoms with van der Waals surface area (Å²) in [6.45, 7) is 0. The molecule has 4 N–H and O–H groups in total. The largest absolute Gasteiger partial charge is 0.504 e. The Morgan fingerprint density at radius 2 is 1.21 bits per heavy atom. The van der Waals surface area contributed by atoms with Crippen LogP contribution in [0.15, 0.2) is 30.3 Å². The number of hydrogen-bond acceptors (Lipinski definition) is 7. The highest BCUT2D eigenvalue weighted by Crippen LogP contribution is 2.37. The van der Waals surface area contributed by atoms with Crippen LogP contribution in [-0.2, 0) is 12.8 Å². The Balaban J connectivity index is 1.83. The fourth-order valence-corrected chi connectivity index (χ4v) is 3.19. The minimum Gasteiger partial charge on any atom is -0.504 e. The molecular formula is C22H30O7. The summed E-state index contributed by atoms with van der Waals surface area (Å²) in [6, 6.07) is 8.50. The molecule has 0 aliphatic carbocycles. The fourth-order valence-electron chi connectivity index (χ4n) is 3.19. The maximum atomic E-state index is 10.3. The second kappa shape index (κ2) is 10.8. The van der Waals surface area contributed by atoms with Crippen LogP contribution < -0.4 is 14.2 Å². The van der Waals surface area contributed by atoms with Gasteiger partial charge in [0.1, 0.15) is 0 Å². The standard InChI is InChI=1S/C22H30O7/c1-27-19-10-14(6-9-18(19)25)4-7-16(23)13-17(24)8-5-15-11-20(28-2)22(26)21(12-15)29-3/h6,9-12,16-17,23-26H,4-5,7-8,13H2,1-3H3/t16-,17-/m1/s1. The number of aryl methyl sites for hydroxylation is 2. The molecular weight excluding hydrogens is 376 g/mol. The number of rotatable bonds is 11. The second-order valence-corrected chi connectivity index (χ2v) is 6.98. The van der Waals surface area contributed by atoms with Gasteiger partial charge in [0.25, 0.3) is 0 Å². The summed E-state index contributed by atoms with van der Waals surface area (Å²) in [4.78, 5) is 0. The SMILES string of the molecule is COc1cc(CC[C@@H](O)C[C@H](O)CCc2cc(OC)c(O)c(OC)c2)ccc1O. The molecule has 7 nitrogen and oxygen atoms in total. The van der Waals surface area contributed by atoms with Gasteiger partial charge in [0.2, 0.25) is 5.75 Å². The lowest BCUT2D eigenvalue weighted by atomic mass is 9.98. The van der Waals surface area contributed by atoms with Crippen molar-refractivity contribution in [2.75, 3.05) is 21.3 Å². The predicted molar refractivity (Wildman–Crippen MR) is 109 cm³/mol. The highest BCUT2D eigenvalue weighted by Gasteiger charge is 2.15. The summed E-state index contributed by atoms with van der Waals surface area (Å²) in [5, 5.41) is 40.1. The average molecular weight is 406 g/mol. The summed E-state index contributed by atoms with van der Waals surface area (Å²) in [5.74, 6) is 1.06. The van der Waals surface area contributed by atoms with Crippen LogP contribution in [0.3, 0.4) is 0 Å². The minimum atomic E-state index is -0.662. The summed E-state index contributed by atoms with van der Waals surface area (Å²) in [5.41, 5.74) is 1.80. The molecule has 2 aromatic carbocycles. The molecule has 0 saturated carbocycles. The van der Waals surface area contributed by atoms with E-state index in [1.807, 2.05) is 0 Å². The van der Waals surface area contributed by atoms with E-state index >= 15 is 0 Å². The quantitative estimate of drug-likeness (QED) is 0.454. The molecule has 29 heavy (non-hydrogen) atoms. The highest BCUT2D eigenvalue weighted by molar-refractivity contribution is 5.52. The van der Waals surface area contributed by atoms with Crippen molar-refractivity contribution in [3.05, 3.63) is 41.5 Å². The van der Waals surface area contributed by atoms with Crippen molar-refractivity contribution in [1.82, 2.24) is 0 Å². The lowest BCUT2D eigenvalue weighted by molar-refractivity contribution is 0.0714. The van der Waals surface area contributed by atoms with E-state index in [2.05, 4.69) is 0 Å². The van der Waals surface area contributed by atoms with Crippen molar-refractivity contribution in [3.63, 3.8) is 0 Å². The molecule has 0 aromatic heterocycles. The van der Waals surface area contributed by atoms with Gasteiger partial charge >= 0.3 is 0 Å². The number of phenols is 2. The molecule has 0 amide bonds. The molecule has 0 aliphatic heterocycles. The molecule has 7 heteroatoms. The number of methoxy groups -OCH3 is 3. The smallest absolute Gasteiger partial charge is 0.200 e. The molecule has 2 aromatic rings. The molecule has 0 radical (unpaired) electrons. The Morgan fingerprint density at radius 3 is 1.72 bits per heavy atom. The van der Waals surface area contributed by atoms with Gasteiger partial charge in [-0.3, -0.25) is 0 Å². The molecule has 0 heterocycles. The minimum absolute atomic E-state index is 0.0550. The van der Waals surface area contributed by atoms with Crippen LogP contribution in [0.5, 0.6) is 28.7 Å². The lowest BCUT2D eigenvalue weighted by Crippen LogP contribution is -2.19. The first-order valence-corrected chi connectivity index (χ1v) is 9.53. The fraction of sp³-hybridized carbons (Fsp3) is 0.455. The number of aliphatic hydroxyl groups excluding tert-OH is 2. The van der Waals surface area contributed by atoms with E-state index in [1.165, 1.54) is 21.3 Å². The Morgan fingerprint density at radius 1 is 0.724 bits per heavy atom. The van der Waals surface area contributed by atoms with E-state index in [-0.39, 0.29) is 17.9 Å². The van der Waals surface area contributed by atoms with Crippen LogP contribution in [-0.4, -0.2) is 54.0 Å². The zero-order chi connectivity index (χ0) is 21.4. The molecule has 0 unspecified atom stereocenters. The number of phenolic OH excluding ortho intramolecular Hbond substituents is 2. The van der Waals surface area contributed by atoms with Crippen molar-refractivity contribution < 1.29 is 34.6 Å². The monoisotopic (exact) mass is 406 g/mol. The lowest BCUT2D eigenvalue weighted by Gasteiger charge is -2.17. The van der Waals surface area contributed by atoms with Crippen LogP contribution in [0, 0.1) is 0 Å². The van der Waals surface area contributed by atoms with Crippen molar-refractivity contribution in [2.45, 2.75) is 44.3 Å². The normalized spacial score (nSPS) is 13.0. The first-order chi connectivity index (χ1) is 13.9. The summed E-state index contributed by atoms with van der Waals surface area (Å²) in [6.07, 6.45) is 1.07. The Hall–Kier alpha value is -2.64. The Labute approximate surface area is 171 Å². The average Bonchev–Trinajstić information content (AvgIpc) is 2.72. The van der Waals surface area contributed by atoms with Crippen LogP contribution in [0.25, 0.3) is 0 Å². The van der Waals surface area contributed by atoms with E-state index in [9.17, 15) is 20.4 Å². The van der Waals surface area contributed by atoms with Gasteiger partial charge in [-0.25, -0.2) is 0 Å². The summed E-state index contributed by atoms with van der Waals surface area (Å²) in [7, 11) is 4.42. The number of hydrogen-bond donors (Lipinski definition) is 4. The zero-order valence-electron chi connectivity index (χ0n) is 17.1. The van der Waals surface area contributed by atoms with Gasteiger partial charge in [0.05, 0.1) is 33.5 Å². The van der Waals surface area contributed by atoms with Crippen LogP contribution in [0.1, 0.15) is 30.4 Å². The zero-order valence-corrected chi connectivity index (χ0v) is 17.1. The third-order valence-corrected chi connectivity index (χ3v) is 4.86. The van der Waals surface area contributed by atoms with Gasteiger partial charge in [0.15, 0.2) is 23.0 Å². The number of benzene rings is 2. The van der Waals surface area contributed by atoms with E-state index in [0.717, 1.165) is 11.1 Å². The van der Waals surface area contributed by atoms with E-state index in [1.54, 1.807) is 30.3 Å². The van der Waals surface area contributed by atoms with Gasteiger partial charge in [0, 0.05) is 0 Å². The molecule has 0 saturated heterocycles. The molecule has 2 atom stereocenters. The summed E-state index contributed by atoms with van der Waals surface area (Å²) >= 11 is 0. The predicted octanol–water partition coefficient (Wildman–Crippen LogP) is 2.80. The molecule has 0 spiro atoms. The van der Waals surface area contributed by atoms with Crippen LogP contribution in [0.2, 0.25) is 0 Å². The van der Waals surface area contributed by atoms with Crippen molar-refractivity contribution in [1.29, 1.82) is 0 Å². The van der Waals surface area contributed by atoms with Crippen molar-refractivity contribution in [3.8, 4) is 28.7 Å². The van der Waals surface area contributed by atoms with Crippen LogP contribution in [0.4, 0.5) is 0 Å². The van der Waals surface area contributed by atoms with Gasteiger partial charge in [-0.15, -0.1) is 0 Å². The van der Waals surface area contributed by atoms with E-state index < -0.39 is 12.2 Å². The molecule has 2 rings (SSSR count). The maximum absolute atomic E-state index is 10.3. The van der Waals surface area contributed by atoms with E-state index in [4.69, 9.17) is 14.2 Å². The first kappa shape index (κ1) is 22.6. The third-order valence-electron chi connectivity index (χ3n) is 4.86. The maximum Gasteiger partial charge on any atom is 0.200 e. The topological polar surface area (TPSA) is 109 Å². The Kier molecular flexibility index (Phi) is 8.42. The second-order valence-electron chi connectivity index (χ2n) is 6.98. The van der Waals surface area contributed by atoms with Crippen molar-refractivity contribution >= 4 is 0 Å². The molecule has 160 valence electrons. The van der Waals surface area contributed by atoms with Gasteiger partial charge in [-0.1, -0.05) is 6.07 Å².